The average Bonchev–Trinajstić information content (AvgIpc) is 2.66. The summed E-state index contributed by atoms with van der Waals surface area (Å²) in [5.74, 6) is -2.09. The van der Waals surface area contributed by atoms with Gasteiger partial charge in [-0.1, -0.05) is 12.8 Å². The molecule has 2 unspecified atom stereocenters. The van der Waals surface area contributed by atoms with Gasteiger partial charge in [0.2, 0.25) is 5.91 Å². The molecule has 1 saturated carbocycles. The SMILES string of the molecule is CN1C(=O)C(=O)N(CC(=O)NC2CCCCC2CN)C1=O. The van der Waals surface area contributed by atoms with Crippen molar-refractivity contribution in [1.29, 1.82) is 0 Å². The molecule has 8 heteroatoms. The number of nitrogens with zero attached hydrogens (tertiary/aromatic N) is 2. The highest BCUT2D eigenvalue weighted by Gasteiger charge is 2.43. The van der Waals surface area contributed by atoms with E-state index in [4.69, 9.17) is 5.73 Å². The maximum absolute atomic E-state index is 12.0. The fourth-order valence-electron chi connectivity index (χ4n) is 2.83. The van der Waals surface area contributed by atoms with E-state index in [0.29, 0.717) is 16.3 Å². The van der Waals surface area contributed by atoms with Gasteiger partial charge in [-0.25, -0.2) is 9.69 Å². The lowest BCUT2D eigenvalue weighted by atomic mass is 9.84. The topological polar surface area (TPSA) is 113 Å². The van der Waals surface area contributed by atoms with E-state index >= 15 is 0 Å². The summed E-state index contributed by atoms with van der Waals surface area (Å²) in [6.07, 6.45) is 3.92. The zero-order valence-corrected chi connectivity index (χ0v) is 12.0. The molecule has 0 aromatic heterocycles. The molecule has 1 aliphatic heterocycles. The Bertz CT molecular complexity index is 479. The predicted molar refractivity (Wildman–Crippen MR) is 72.8 cm³/mol. The lowest BCUT2D eigenvalue weighted by molar-refractivity contribution is -0.143. The van der Waals surface area contributed by atoms with E-state index in [9.17, 15) is 19.2 Å². The minimum Gasteiger partial charge on any atom is -0.351 e. The maximum atomic E-state index is 12.0. The number of carbonyl (C=O) groups is 4. The van der Waals surface area contributed by atoms with Gasteiger partial charge >= 0.3 is 17.8 Å². The third kappa shape index (κ3) is 3.05. The van der Waals surface area contributed by atoms with E-state index in [1.54, 1.807) is 0 Å². The highest BCUT2D eigenvalue weighted by Crippen LogP contribution is 2.23. The summed E-state index contributed by atoms with van der Waals surface area (Å²) in [4.78, 5) is 48.0. The lowest BCUT2D eigenvalue weighted by Gasteiger charge is -2.31. The van der Waals surface area contributed by atoms with Crippen molar-refractivity contribution in [3.05, 3.63) is 0 Å². The molecular formula is C13H20N4O4. The van der Waals surface area contributed by atoms with E-state index in [1.807, 2.05) is 0 Å². The molecule has 1 saturated heterocycles. The molecule has 2 aliphatic rings. The van der Waals surface area contributed by atoms with Crippen LogP contribution in [0.25, 0.3) is 0 Å². The summed E-state index contributed by atoms with van der Waals surface area (Å²) in [6.45, 7) is 0.0648. The number of likely N-dealkylation sites (N-methyl/N-ethyl adjacent to an activating group) is 1. The average molecular weight is 296 g/mol. The Labute approximate surface area is 122 Å². The molecule has 3 N–H and O–H groups in total. The minimum absolute atomic E-state index is 0.0301. The number of hydrogen-bond donors (Lipinski definition) is 2. The number of nitrogens with one attached hydrogen (secondary N) is 1. The Balaban J connectivity index is 1.94. The number of hydrogen-bond acceptors (Lipinski definition) is 5. The number of imide groups is 2. The van der Waals surface area contributed by atoms with Crippen LogP contribution in [0.3, 0.4) is 0 Å². The van der Waals surface area contributed by atoms with Crippen molar-refractivity contribution in [3.63, 3.8) is 0 Å². The second-order valence-corrected chi connectivity index (χ2v) is 5.49. The van der Waals surface area contributed by atoms with Crippen LogP contribution in [-0.4, -0.2) is 59.7 Å². The standard InChI is InChI=1S/C13H20N4O4/c1-16-11(19)12(20)17(13(16)21)7-10(18)15-9-5-3-2-4-8(9)6-14/h8-9H,2-7,14H2,1H3,(H,15,18). The first-order valence-corrected chi connectivity index (χ1v) is 7.08. The lowest BCUT2D eigenvalue weighted by Crippen LogP contribution is -2.49. The van der Waals surface area contributed by atoms with Gasteiger partial charge in [0.25, 0.3) is 0 Å². The van der Waals surface area contributed by atoms with E-state index in [2.05, 4.69) is 5.32 Å². The fourth-order valence-corrected chi connectivity index (χ4v) is 2.83. The van der Waals surface area contributed by atoms with Gasteiger partial charge in [0.1, 0.15) is 6.54 Å². The Morgan fingerprint density at radius 3 is 2.48 bits per heavy atom. The van der Waals surface area contributed by atoms with Crippen LogP contribution in [-0.2, 0) is 14.4 Å². The van der Waals surface area contributed by atoms with Crippen molar-refractivity contribution in [3.8, 4) is 0 Å². The van der Waals surface area contributed by atoms with E-state index in [-0.39, 0.29) is 12.0 Å². The van der Waals surface area contributed by atoms with Crippen molar-refractivity contribution in [1.82, 2.24) is 15.1 Å². The molecule has 8 nitrogen and oxygen atoms in total. The van der Waals surface area contributed by atoms with Crippen molar-refractivity contribution in [2.24, 2.45) is 11.7 Å². The molecule has 2 fully saturated rings. The van der Waals surface area contributed by atoms with Crippen LogP contribution in [0, 0.1) is 5.92 Å². The number of carbonyl (C=O) groups excluding carboxylic acids is 4. The molecule has 5 amide bonds. The van der Waals surface area contributed by atoms with Crippen LogP contribution in [0.1, 0.15) is 25.7 Å². The second kappa shape index (κ2) is 6.21. The zero-order chi connectivity index (χ0) is 15.6. The maximum Gasteiger partial charge on any atom is 0.334 e. The van der Waals surface area contributed by atoms with Gasteiger partial charge in [-0.15, -0.1) is 0 Å². The van der Waals surface area contributed by atoms with Gasteiger partial charge in [0.05, 0.1) is 0 Å². The smallest absolute Gasteiger partial charge is 0.334 e. The molecule has 0 bridgehead atoms. The number of rotatable bonds is 4. The summed E-state index contributed by atoms with van der Waals surface area (Å²) in [7, 11) is 1.21. The highest BCUT2D eigenvalue weighted by molar-refractivity contribution is 6.44. The first-order valence-electron chi connectivity index (χ1n) is 7.08. The van der Waals surface area contributed by atoms with Crippen LogP contribution in [0.15, 0.2) is 0 Å². The normalized spacial score (nSPS) is 26.5. The molecule has 1 heterocycles. The van der Waals surface area contributed by atoms with Crippen LogP contribution >= 0.6 is 0 Å². The summed E-state index contributed by atoms with van der Waals surface area (Å²) in [6, 6.07) is -0.795. The summed E-state index contributed by atoms with van der Waals surface area (Å²) < 4.78 is 0. The quantitative estimate of drug-likeness (QED) is 0.512. The van der Waals surface area contributed by atoms with Crippen molar-refractivity contribution in [2.45, 2.75) is 31.7 Å². The molecule has 1 aliphatic carbocycles. The van der Waals surface area contributed by atoms with Crippen LogP contribution in [0.2, 0.25) is 0 Å². The van der Waals surface area contributed by atoms with Crippen LogP contribution < -0.4 is 11.1 Å². The molecule has 2 atom stereocenters. The summed E-state index contributed by atoms with van der Waals surface area (Å²) in [5, 5.41) is 2.82. The summed E-state index contributed by atoms with van der Waals surface area (Å²) in [5.41, 5.74) is 5.69. The van der Waals surface area contributed by atoms with Gasteiger partial charge in [-0.05, 0) is 25.3 Å². The molecule has 0 aromatic carbocycles. The highest BCUT2D eigenvalue weighted by atomic mass is 16.2. The second-order valence-electron chi connectivity index (χ2n) is 5.49. The van der Waals surface area contributed by atoms with Gasteiger partial charge in [0.15, 0.2) is 0 Å². The molecule has 0 spiro atoms. The van der Waals surface area contributed by atoms with Crippen LogP contribution in [0.5, 0.6) is 0 Å². The van der Waals surface area contributed by atoms with Gasteiger partial charge in [0, 0.05) is 13.1 Å². The molecule has 21 heavy (non-hydrogen) atoms. The van der Waals surface area contributed by atoms with Crippen molar-refractivity contribution >= 4 is 23.8 Å². The first-order chi connectivity index (χ1) is 9.95. The van der Waals surface area contributed by atoms with Crippen LogP contribution in [0.4, 0.5) is 4.79 Å². The first kappa shape index (κ1) is 15.4. The van der Waals surface area contributed by atoms with Gasteiger partial charge in [-0.3, -0.25) is 19.3 Å². The van der Waals surface area contributed by atoms with Crippen molar-refractivity contribution in [2.75, 3.05) is 20.1 Å². The van der Waals surface area contributed by atoms with Gasteiger partial charge in [-0.2, -0.15) is 0 Å². The number of urea groups is 1. The Kier molecular flexibility index (Phi) is 4.56. The Hall–Kier alpha value is -1.96. The van der Waals surface area contributed by atoms with E-state index in [0.717, 1.165) is 25.7 Å². The molecular weight excluding hydrogens is 276 g/mol. The molecule has 0 aromatic rings. The largest absolute Gasteiger partial charge is 0.351 e. The molecule has 116 valence electrons. The summed E-state index contributed by atoms with van der Waals surface area (Å²) >= 11 is 0. The number of amides is 5. The molecule has 2 rings (SSSR count). The Morgan fingerprint density at radius 1 is 1.24 bits per heavy atom. The molecule has 0 radical (unpaired) electrons. The third-order valence-corrected chi connectivity index (χ3v) is 4.11. The van der Waals surface area contributed by atoms with Crippen molar-refractivity contribution < 1.29 is 19.2 Å². The predicted octanol–water partition coefficient (Wildman–Crippen LogP) is -0.959. The van der Waals surface area contributed by atoms with Gasteiger partial charge < -0.3 is 11.1 Å². The van der Waals surface area contributed by atoms with E-state index < -0.39 is 30.3 Å². The minimum atomic E-state index is -0.961. The number of nitrogens with two attached hydrogens (primary N) is 1. The monoisotopic (exact) mass is 296 g/mol. The third-order valence-electron chi connectivity index (χ3n) is 4.11. The zero-order valence-electron chi connectivity index (χ0n) is 12.0. The van der Waals surface area contributed by atoms with E-state index in [1.165, 1.54) is 7.05 Å². The Morgan fingerprint density at radius 2 is 1.90 bits per heavy atom. The fraction of sp³-hybridized carbons (Fsp3) is 0.692.